The van der Waals surface area contributed by atoms with Crippen molar-refractivity contribution in [1.82, 2.24) is 4.90 Å². The van der Waals surface area contributed by atoms with E-state index in [2.05, 4.69) is 0 Å². The van der Waals surface area contributed by atoms with Crippen LogP contribution >= 0.6 is 0 Å². The minimum atomic E-state index is -0.847. The van der Waals surface area contributed by atoms with Crippen LogP contribution in [0.25, 0.3) is 0 Å². The number of nitrogens with zero attached hydrogens (tertiary/aromatic N) is 1. The van der Waals surface area contributed by atoms with Crippen LogP contribution in [0.4, 0.5) is 8.78 Å². The van der Waals surface area contributed by atoms with Gasteiger partial charge in [-0.05, 0) is 42.9 Å². The van der Waals surface area contributed by atoms with Gasteiger partial charge in [0.2, 0.25) is 5.91 Å². The maximum atomic E-state index is 13.2. The third kappa shape index (κ3) is 2.30. The van der Waals surface area contributed by atoms with E-state index >= 15 is 0 Å². The number of halogens is 2. The molecule has 1 aromatic rings. The molecule has 1 heterocycles. The van der Waals surface area contributed by atoms with Crippen molar-refractivity contribution < 1.29 is 13.6 Å². The van der Waals surface area contributed by atoms with Crippen molar-refractivity contribution in [2.75, 3.05) is 13.1 Å². The summed E-state index contributed by atoms with van der Waals surface area (Å²) < 4.78 is 26.1. The first-order valence-corrected chi connectivity index (χ1v) is 7.07. The summed E-state index contributed by atoms with van der Waals surface area (Å²) in [5.74, 6) is -1.64. The van der Waals surface area contributed by atoms with Gasteiger partial charge in [0.05, 0.1) is 0 Å². The quantitative estimate of drug-likeness (QED) is 0.920. The Kier molecular flexibility index (Phi) is 3.46. The van der Waals surface area contributed by atoms with Crippen LogP contribution in [0.3, 0.4) is 0 Å². The SMILES string of the molecule is NC[C@@H]1CCCN1C(=O)[C@H]1C[C@H]1c1ccc(F)c(F)c1. The minimum Gasteiger partial charge on any atom is -0.338 e. The van der Waals surface area contributed by atoms with E-state index in [0.29, 0.717) is 12.1 Å². The molecule has 0 bridgehead atoms. The smallest absolute Gasteiger partial charge is 0.226 e. The summed E-state index contributed by atoms with van der Waals surface area (Å²) in [4.78, 5) is 14.3. The normalized spacial score (nSPS) is 28.8. The fourth-order valence-electron chi connectivity index (χ4n) is 3.16. The molecule has 1 aliphatic carbocycles. The van der Waals surface area contributed by atoms with Crippen LogP contribution in [0.1, 0.15) is 30.7 Å². The number of rotatable bonds is 3. The Hall–Kier alpha value is -1.49. The fourth-order valence-corrected chi connectivity index (χ4v) is 3.16. The van der Waals surface area contributed by atoms with Gasteiger partial charge in [-0.1, -0.05) is 6.07 Å². The Morgan fingerprint density at radius 3 is 2.85 bits per heavy atom. The zero-order chi connectivity index (χ0) is 14.3. The van der Waals surface area contributed by atoms with Crippen LogP contribution in [-0.4, -0.2) is 29.9 Å². The van der Waals surface area contributed by atoms with E-state index in [4.69, 9.17) is 5.73 Å². The van der Waals surface area contributed by atoms with Gasteiger partial charge >= 0.3 is 0 Å². The Labute approximate surface area is 116 Å². The summed E-state index contributed by atoms with van der Waals surface area (Å²) in [6, 6.07) is 4.05. The molecule has 20 heavy (non-hydrogen) atoms. The minimum absolute atomic E-state index is 0.0247. The van der Waals surface area contributed by atoms with Gasteiger partial charge in [-0.15, -0.1) is 0 Å². The molecule has 108 valence electrons. The standard InChI is InChI=1S/C15H18F2N2O/c16-13-4-3-9(6-14(13)17)11-7-12(11)15(20)19-5-1-2-10(19)8-18/h3-4,6,10-12H,1-2,5,7-8,18H2/t10-,11-,12-/m0/s1. The van der Waals surface area contributed by atoms with E-state index in [0.717, 1.165) is 31.9 Å². The number of amides is 1. The molecule has 1 amide bonds. The molecule has 1 aromatic carbocycles. The number of likely N-dealkylation sites (tertiary alicyclic amines) is 1. The molecule has 1 aliphatic heterocycles. The molecule has 2 aliphatic rings. The molecule has 1 saturated heterocycles. The Balaban J connectivity index is 1.69. The molecular formula is C15H18F2N2O. The third-order valence-electron chi connectivity index (χ3n) is 4.41. The predicted octanol–water partition coefficient (Wildman–Crippen LogP) is 2.02. The molecule has 5 heteroatoms. The lowest BCUT2D eigenvalue weighted by atomic mass is 10.1. The molecule has 3 rings (SSSR count). The highest BCUT2D eigenvalue weighted by molar-refractivity contribution is 5.83. The average Bonchev–Trinajstić information content (AvgIpc) is 3.10. The summed E-state index contributed by atoms with van der Waals surface area (Å²) >= 11 is 0. The molecule has 2 N–H and O–H groups in total. The van der Waals surface area contributed by atoms with Gasteiger partial charge in [0.25, 0.3) is 0 Å². The zero-order valence-electron chi connectivity index (χ0n) is 11.2. The largest absolute Gasteiger partial charge is 0.338 e. The number of carbonyl (C=O) groups is 1. The highest BCUT2D eigenvalue weighted by atomic mass is 19.2. The summed E-state index contributed by atoms with van der Waals surface area (Å²) in [6.07, 6.45) is 2.68. The first kappa shape index (κ1) is 13.5. The Morgan fingerprint density at radius 1 is 1.35 bits per heavy atom. The topological polar surface area (TPSA) is 46.3 Å². The first-order chi connectivity index (χ1) is 9.61. The van der Waals surface area contributed by atoms with E-state index in [1.54, 1.807) is 6.07 Å². The zero-order valence-corrected chi connectivity index (χ0v) is 11.2. The van der Waals surface area contributed by atoms with E-state index in [-0.39, 0.29) is 23.8 Å². The molecule has 3 nitrogen and oxygen atoms in total. The molecule has 0 unspecified atom stereocenters. The average molecular weight is 280 g/mol. The monoisotopic (exact) mass is 280 g/mol. The van der Waals surface area contributed by atoms with Gasteiger partial charge in [-0.25, -0.2) is 8.78 Å². The molecule has 0 aromatic heterocycles. The maximum absolute atomic E-state index is 13.2. The van der Waals surface area contributed by atoms with Crippen molar-refractivity contribution in [2.45, 2.75) is 31.2 Å². The van der Waals surface area contributed by atoms with E-state index in [1.807, 2.05) is 4.90 Å². The van der Waals surface area contributed by atoms with Gasteiger partial charge in [0, 0.05) is 25.0 Å². The van der Waals surface area contributed by atoms with Gasteiger partial charge < -0.3 is 10.6 Å². The third-order valence-corrected chi connectivity index (χ3v) is 4.41. The number of nitrogens with two attached hydrogens (primary N) is 1. The molecule has 1 saturated carbocycles. The van der Waals surface area contributed by atoms with Gasteiger partial charge in [-0.3, -0.25) is 4.79 Å². The van der Waals surface area contributed by atoms with Gasteiger partial charge in [0.1, 0.15) is 0 Å². The lowest BCUT2D eigenvalue weighted by Crippen LogP contribution is -2.40. The van der Waals surface area contributed by atoms with Gasteiger partial charge in [0.15, 0.2) is 11.6 Å². The fraction of sp³-hybridized carbons (Fsp3) is 0.533. The van der Waals surface area contributed by atoms with Crippen LogP contribution in [0, 0.1) is 17.6 Å². The molecule has 3 atom stereocenters. The molecule has 0 spiro atoms. The maximum Gasteiger partial charge on any atom is 0.226 e. The number of hydrogen-bond acceptors (Lipinski definition) is 2. The van der Waals surface area contributed by atoms with Crippen LogP contribution in [-0.2, 0) is 4.79 Å². The summed E-state index contributed by atoms with van der Waals surface area (Å²) in [7, 11) is 0. The van der Waals surface area contributed by atoms with Crippen LogP contribution < -0.4 is 5.73 Å². The van der Waals surface area contributed by atoms with Crippen molar-refractivity contribution >= 4 is 5.91 Å². The van der Waals surface area contributed by atoms with Crippen LogP contribution in [0.5, 0.6) is 0 Å². The number of hydrogen-bond donors (Lipinski definition) is 1. The van der Waals surface area contributed by atoms with Crippen molar-refractivity contribution in [3.63, 3.8) is 0 Å². The van der Waals surface area contributed by atoms with Crippen molar-refractivity contribution in [1.29, 1.82) is 0 Å². The predicted molar refractivity (Wildman–Crippen MR) is 71.0 cm³/mol. The second-order valence-electron chi connectivity index (χ2n) is 5.69. The van der Waals surface area contributed by atoms with Crippen molar-refractivity contribution in [2.24, 2.45) is 11.7 Å². The lowest BCUT2D eigenvalue weighted by Gasteiger charge is -2.23. The molecular weight excluding hydrogens is 262 g/mol. The Bertz CT molecular complexity index is 535. The van der Waals surface area contributed by atoms with Crippen molar-refractivity contribution in [3.05, 3.63) is 35.4 Å². The molecule has 2 fully saturated rings. The first-order valence-electron chi connectivity index (χ1n) is 7.07. The van der Waals surface area contributed by atoms with E-state index < -0.39 is 11.6 Å². The second-order valence-corrected chi connectivity index (χ2v) is 5.69. The number of carbonyl (C=O) groups excluding carboxylic acids is 1. The van der Waals surface area contributed by atoms with Crippen LogP contribution in [0.15, 0.2) is 18.2 Å². The van der Waals surface area contributed by atoms with Crippen molar-refractivity contribution in [3.8, 4) is 0 Å². The van der Waals surface area contributed by atoms with Crippen LogP contribution in [0.2, 0.25) is 0 Å². The highest BCUT2D eigenvalue weighted by Crippen LogP contribution is 2.49. The summed E-state index contributed by atoms with van der Waals surface area (Å²) in [6.45, 7) is 1.26. The van der Waals surface area contributed by atoms with Gasteiger partial charge in [-0.2, -0.15) is 0 Å². The number of benzene rings is 1. The second kappa shape index (κ2) is 5.13. The lowest BCUT2D eigenvalue weighted by molar-refractivity contribution is -0.133. The molecule has 0 radical (unpaired) electrons. The highest BCUT2D eigenvalue weighted by Gasteiger charge is 2.47. The Morgan fingerprint density at radius 2 is 2.15 bits per heavy atom. The van der Waals surface area contributed by atoms with E-state index in [1.165, 1.54) is 6.07 Å². The summed E-state index contributed by atoms with van der Waals surface area (Å²) in [5, 5.41) is 0. The van der Waals surface area contributed by atoms with E-state index in [9.17, 15) is 13.6 Å². The summed E-state index contributed by atoms with van der Waals surface area (Å²) in [5.41, 5.74) is 6.39.